The molecule has 1 aromatic carbocycles. The average Bonchev–Trinajstić information content (AvgIpc) is 2.21. The lowest BCUT2D eigenvalue weighted by atomic mass is 10.3. The van der Waals surface area contributed by atoms with Gasteiger partial charge in [-0.1, -0.05) is 0 Å². The first-order valence-electron chi connectivity index (χ1n) is 4.09. The summed E-state index contributed by atoms with van der Waals surface area (Å²) in [6.45, 7) is -1.04. The molecular weight excluding hydrogens is 228 g/mol. The average molecular weight is 236 g/mol. The molecule has 0 heterocycles. The molecule has 1 rings (SSSR count). The molecule has 1 amide bonds. The zero-order valence-corrected chi connectivity index (χ0v) is 8.38. The Balaban J connectivity index is 2.79. The first-order valence-corrected chi connectivity index (χ1v) is 4.47. The zero-order chi connectivity index (χ0) is 11.3. The Morgan fingerprint density at radius 3 is 2.47 bits per heavy atom. The number of carbonyl (C=O) groups excluding carboxylic acids is 1. The van der Waals surface area contributed by atoms with Crippen LogP contribution < -0.4 is 5.06 Å². The molecule has 0 aliphatic heterocycles. The number of amides is 1. The normalized spacial score (nSPS) is 10.1. The third-order valence-electron chi connectivity index (χ3n) is 1.52. The minimum absolute atomic E-state index is 0.241. The van der Waals surface area contributed by atoms with Gasteiger partial charge in [-0.05, 0) is 35.9 Å². The van der Waals surface area contributed by atoms with Crippen LogP contribution in [0.5, 0.6) is 0 Å². The Bertz CT molecular complexity index is 331. The molecule has 82 valence electrons. The van der Waals surface area contributed by atoms with Gasteiger partial charge in [-0.25, -0.2) is 8.78 Å². The van der Waals surface area contributed by atoms with E-state index in [1.54, 1.807) is 0 Å². The van der Waals surface area contributed by atoms with Crippen LogP contribution in [-0.2, 0) is 4.84 Å². The van der Waals surface area contributed by atoms with E-state index in [1.807, 2.05) is 0 Å². The smallest absolute Gasteiger partial charge is 0.262 e. The van der Waals surface area contributed by atoms with Crippen LogP contribution in [-0.4, -0.2) is 18.6 Å². The summed E-state index contributed by atoms with van der Waals surface area (Å²) in [7, 11) is 0. The highest BCUT2D eigenvalue weighted by Gasteiger charge is 2.14. The second-order valence-corrected chi connectivity index (χ2v) is 2.87. The van der Waals surface area contributed by atoms with Crippen molar-refractivity contribution in [2.75, 3.05) is 18.3 Å². The maximum absolute atomic E-state index is 12.6. The first-order chi connectivity index (χ1) is 7.15. The number of benzene rings is 1. The maximum atomic E-state index is 12.6. The van der Waals surface area contributed by atoms with Crippen molar-refractivity contribution in [3.63, 3.8) is 0 Å². The number of rotatable bonds is 4. The largest absolute Gasteiger partial charge is 0.344 e. The van der Waals surface area contributed by atoms with Gasteiger partial charge < -0.3 is 0 Å². The molecule has 0 atom stereocenters. The zero-order valence-electron chi connectivity index (χ0n) is 7.62. The highest BCUT2D eigenvalue weighted by Crippen LogP contribution is 2.17. The molecule has 15 heavy (non-hydrogen) atoms. The van der Waals surface area contributed by atoms with E-state index < -0.39 is 17.9 Å². The van der Waals surface area contributed by atoms with Gasteiger partial charge >= 0.3 is 5.37 Å². The van der Waals surface area contributed by atoms with Gasteiger partial charge in [-0.3, -0.25) is 9.63 Å². The summed E-state index contributed by atoms with van der Waals surface area (Å²) in [5.41, 5.74) is 0.241. The molecule has 6 heteroatoms. The number of halogens is 3. The molecule has 0 radical (unpaired) electrons. The Hall–Kier alpha value is -1.20. The van der Waals surface area contributed by atoms with Crippen molar-refractivity contribution in [3.05, 3.63) is 30.1 Å². The molecule has 0 fully saturated rings. The molecular formula is C9H8ClF2NO2. The fourth-order valence-corrected chi connectivity index (χ4v) is 1.08. The van der Waals surface area contributed by atoms with Gasteiger partial charge in [0.2, 0.25) is 0 Å². The van der Waals surface area contributed by atoms with E-state index in [0.29, 0.717) is 5.06 Å². The van der Waals surface area contributed by atoms with Gasteiger partial charge in [0.25, 0.3) is 0 Å². The molecule has 0 saturated carbocycles. The van der Waals surface area contributed by atoms with Crippen molar-refractivity contribution < 1.29 is 18.4 Å². The standard InChI is InChI=1S/C9H8ClF2NO2/c10-9(14)13(15-6-5-11)8-3-1-7(12)2-4-8/h1-4H,5-6H2. The van der Waals surface area contributed by atoms with Gasteiger partial charge in [0.05, 0.1) is 5.69 Å². The van der Waals surface area contributed by atoms with Gasteiger partial charge in [-0.15, -0.1) is 0 Å². The molecule has 0 spiro atoms. The number of hydrogen-bond acceptors (Lipinski definition) is 2. The van der Waals surface area contributed by atoms with E-state index in [4.69, 9.17) is 16.4 Å². The van der Waals surface area contributed by atoms with E-state index in [0.717, 1.165) is 12.1 Å². The SMILES string of the molecule is O=C(Cl)N(OCCF)c1ccc(F)cc1. The second kappa shape index (κ2) is 5.63. The van der Waals surface area contributed by atoms with Crippen LogP contribution in [0.3, 0.4) is 0 Å². The second-order valence-electron chi connectivity index (χ2n) is 2.55. The predicted molar refractivity (Wildman–Crippen MR) is 52.1 cm³/mol. The van der Waals surface area contributed by atoms with E-state index in [2.05, 4.69) is 0 Å². The van der Waals surface area contributed by atoms with Crippen LogP contribution in [0.15, 0.2) is 24.3 Å². The molecule has 3 nitrogen and oxygen atoms in total. The minimum Gasteiger partial charge on any atom is -0.262 e. The van der Waals surface area contributed by atoms with Crippen LogP contribution in [0, 0.1) is 5.82 Å². The predicted octanol–water partition coefficient (Wildman–Crippen LogP) is 2.89. The summed E-state index contributed by atoms with van der Waals surface area (Å²) in [6, 6.07) is 4.88. The van der Waals surface area contributed by atoms with Crippen LogP contribution in [0.25, 0.3) is 0 Å². The maximum Gasteiger partial charge on any atom is 0.344 e. The molecule has 0 N–H and O–H groups in total. The molecule has 0 unspecified atom stereocenters. The van der Waals surface area contributed by atoms with Crippen LogP contribution >= 0.6 is 11.6 Å². The van der Waals surface area contributed by atoms with Crippen molar-refractivity contribution in [2.45, 2.75) is 0 Å². The fraction of sp³-hybridized carbons (Fsp3) is 0.222. The molecule has 0 aromatic heterocycles. The number of nitrogens with zero attached hydrogens (tertiary/aromatic N) is 1. The first kappa shape index (κ1) is 11.9. The molecule has 0 aliphatic rings. The monoisotopic (exact) mass is 235 g/mol. The summed E-state index contributed by atoms with van der Waals surface area (Å²) in [4.78, 5) is 15.6. The van der Waals surface area contributed by atoms with Crippen LogP contribution in [0.2, 0.25) is 0 Å². The topological polar surface area (TPSA) is 29.5 Å². The molecule has 0 aliphatic carbocycles. The van der Waals surface area contributed by atoms with Gasteiger partial charge in [0.1, 0.15) is 19.1 Å². The van der Waals surface area contributed by atoms with Gasteiger partial charge in [0.15, 0.2) is 0 Å². The molecule has 1 aromatic rings. The minimum atomic E-state index is -0.921. The Labute approximate surface area is 90.1 Å². The molecule has 0 saturated heterocycles. The highest BCUT2D eigenvalue weighted by atomic mass is 35.5. The molecule has 0 bridgehead atoms. The van der Waals surface area contributed by atoms with E-state index >= 15 is 0 Å². The third-order valence-corrected chi connectivity index (χ3v) is 1.67. The number of anilines is 1. The summed E-state index contributed by atoms with van der Waals surface area (Å²) in [5.74, 6) is -0.453. The third kappa shape index (κ3) is 3.45. The van der Waals surface area contributed by atoms with Crippen molar-refractivity contribution in [3.8, 4) is 0 Å². The number of carbonyl (C=O) groups is 1. The van der Waals surface area contributed by atoms with Crippen LogP contribution in [0.1, 0.15) is 0 Å². The number of hydroxylamine groups is 1. The van der Waals surface area contributed by atoms with Crippen LogP contribution in [0.4, 0.5) is 19.3 Å². The summed E-state index contributed by atoms with van der Waals surface area (Å²) in [6.07, 6.45) is 0. The fourth-order valence-electron chi connectivity index (χ4n) is 0.929. The van der Waals surface area contributed by atoms with E-state index in [9.17, 15) is 13.6 Å². The quantitative estimate of drug-likeness (QED) is 0.456. The Kier molecular flexibility index (Phi) is 4.45. The summed E-state index contributed by atoms with van der Waals surface area (Å²) < 4.78 is 24.4. The van der Waals surface area contributed by atoms with Gasteiger partial charge in [-0.2, -0.15) is 5.06 Å². The van der Waals surface area contributed by atoms with Gasteiger partial charge in [0, 0.05) is 0 Å². The van der Waals surface area contributed by atoms with Crippen molar-refractivity contribution in [2.24, 2.45) is 0 Å². The Morgan fingerprint density at radius 2 is 2.00 bits per heavy atom. The van der Waals surface area contributed by atoms with E-state index in [-0.39, 0.29) is 12.3 Å². The van der Waals surface area contributed by atoms with Crippen molar-refractivity contribution in [1.82, 2.24) is 0 Å². The summed E-state index contributed by atoms with van der Waals surface area (Å²) in [5, 5.41) is -0.226. The number of alkyl halides is 1. The highest BCUT2D eigenvalue weighted by molar-refractivity contribution is 6.65. The lowest BCUT2D eigenvalue weighted by molar-refractivity contribution is 0.112. The Morgan fingerprint density at radius 1 is 1.40 bits per heavy atom. The lowest BCUT2D eigenvalue weighted by Crippen LogP contribution is -2.27. The van der Waals surface area contributed by atoms with Crippen molar-refractivity contribution in [1.29, 1.82) is 0 Å². The van der Waals surface area contributed by atoms with E-state index in [1.165, 1.54) is 12.1 Å². The lowest BCUT2D eigenvalue weighted by Gasteiger charge is -2.17. The number of hydrogen-bond donors (Lipinski definition) is 0. The van der Waals surface area contributed by atoms with Crippen molar-refractivity contribution >= 4 is 22.7 Å². The summed E-state index contributed by atoms with van der Waals surface area (Å²) >= 11 is 5.20.